The zero-order valence-corrected chi connectivity index (χ0v) is 4.52. The lowest BCUT2D eigenvalue weighted by Crippen LogP contribution is -2.17. The molecule has 1 aliphatic carbocycles. The first-order valence-corrected chi connectivity index (χ1v) is 2.56. The second-order valence-corrected chi connectivity index (χ2v) is 1.78. The molecule has 0 spiro atoms. The van der Waals surface area contributed by atoms with E-state index in [4.69, 9.17) is 4.74 Å². The molecule has 1 aliphatic rings. The van der Waals surface area contributed by atoms with Gasteiger partial charge in [0.1, 0.15) is 6.10 Å². The molecule has 1 amide bonds. The van der Waals surface area contributed by atoms with Crippen LogP contribution in [0.5, 0.6) is 0 Å². The normalized spacial score (nSPS) is 17.6. The molecule has 45 valence electrons. The SMILES string of the molecule is [CH2]NC(=O)OC1CC1. The molecule has 3 heteroatoms. The summed E-state index contributed by atoms with van der Waals surface area (Å²) in [5, 5.41) is 2.13. The van der Waals surface area contributed by atoms with Gasteiger partial charge in [-0.15, -0.1) is 0 Å². The third-order valence-electron chi connectivity index (χ3n) is 0.942. The van der Waals surface area contributed by atoms with Gasteiger partial charge in [0, 0.05) is 7.05 Å². The van der Waals surface area contributed by atoms with Crippen LogP contribution in [0.15, 0.2) is 0 Å². The highest BCUT2D eigenvalue weighted by Gasteiger charge is 2.25. The molecule has 1 rings (SSSR count). The Morgan fingerprint density at radius 3 is 2.75 bits per heavy atom. The number of nitrogens with one attached hydrogen (secondary N) is 1. The van der Waals surface area contributed by atoms with Crippen molar-refractivity contribution in [1.82, 2.24) is 5.32 Å². The number of hydrogen-bond acceptors (Lipinski definition) is 2. The van der Waals surface area contributed by atoms with Crippen LogP contribution in [0.25, 0.3) is 0 Å². The lowest BCUT2D eigenvalue weighted by Gasteiger charge is -1.97. The minimum atomic E-state index is -0.424. The molecule has 3 nitrogen and oxygen atoms in total. The second-order valence-electron chi connectivity index (χ2n) is 1.78. The molecule has 0 aromatic carbocycles. The van der Waals surface area contributed by atoms with Crippen LogP contribution in [0, 0.1) is 7.05 Å². The molecule has 1 N–H and O–H groups in total. The van der Waals surface area contributed by atoms with Gasteiger partial charge >= 0.3 is 6.09 Å². The number of carbonyl (C=O) groups is 1. The highest BCUT2D eigenvalue weighted by molar-refractivity contribution is 5.67. The first-order chi connectivity index (χ1) is 3.83. The second kappa shape index (κ2) is 2.03. The first kappa shape index (κ1) is 5.41. The van der Waals surface area contributed by atoms with Crippen molar-refractivity contribution < 1.29 is 9.53 Å². The fourth-order valence-corrected chi connectivity index (χ4v) is 0.379. The van der Waals surface area contributed by atoms with Crippen LogP contribution in [0.1, 0.15) is 12.8 Å². The number of rotatable bonds is 1. The summed E-state index contributed by atoms with van der Waals surface area (Å²) in [5.74, 6) is 0. The van der Waals surface area contributed by atoms with Gasteiger partial charge in [0.25, 0.3) is 0 Å². The van der Waals surface area contributed by atoms with Gasteiger partial charge < -0.3 is 10.1 Å². The maximum absolute atomic E-state index is 10.3. The molecule has 0 aromatic heterocycles. The highest BCUT2D eigenvalue weighted by atomic mass is 16.6. The molecule has 0 saturated heterocycles. The van der Waals surface area contributed by atoms with Crippen LogP contribution < -0.4 is 5.32 Å². The van der Waals surface area contributed by atoms with Crippen molar-refractivity contribution in [3.05, 3.63) is 7.05 Å². The molecule has 1 radical (unpaired) electrons. The van der Waals surface area contributed by atoms with Gasteiger partial charge in [0.05, 0.1) is 0 Å². The molecular weight excluding hydrogens is 106 g/mol. The average Bonchev–Trinajstić information content (AvgIpc) is 2.50. The number of ether oxygens (including phenoxy) is 1. The monoisotopic (exact) mass is 114 g/mol. The highest BCUT2D eigenvalue weighted by Crippen LogP contribution is 2.23. The van der Waals surface area contributed by atoms with Crippen molar-refractivity contribution in [2.24, 2.45) is 0 Å². The summed E-state index contributed by atoms with van der Waals surface area (Å²) >= 11 is 0. The van der Waals surface area contributed by atoms with Crippen molar-refractivity contribution in [2.45, 2.75) is 18.9 Å². The Balaban J connectivity index is 2.07. The fraction of sp³-hybridized carbons (Fsp3) is 0.600. The van der Waals surface area contributed by atoms with Gasteiger partial charge in [-0.3, -0.25) is 0 Å². The van der Waals surface area contributed by atoms with Crippen molar-refractivity contribution in [1.29, 1.82) is 0 Å². The molecule has 0 bridgehead atoms. The Morgan fingerprint density at radius 1 is 1.75 bits per heavy atom. The Labute approximate surface area is 48.0 Å². The van der Waals surface area contributed by atoms with Crippen LogP contribution in [-0.2, 0) is 4.74 Å². The quantitative estimate of drug-likeness (QED) is 0.544. The predicted octanol–water partition coefficient (Wildman–Crippen LogP) is 0.667. The van der Waals surface area contributed by atoms with Gasteiger partial charge in [-0.1, -0.05) is 0 Å². The van der Waals surface area contributed by atoms with Crippen molar-refractivity contribution in [3.63, 3.8) is 0 Å². The third kappa shape index (κ3) is 1.40. The Morgan fingerprint density at radius 2 is 2.38 bits per heavy atom. The zero-order valence-electron chi connectivity index (χ0n) is 4.52. The minimum absolute atomic E-state index is 0.178. The van der Waals surface area contributed by atoms with Crippen LogP contribution in [0.3, 0.4) is 0 Å². The Bertz CT molecular complexity index is 98.6. The fourth-order valence-electron chi connectivity index (χ4n) is 0.379. The summed E-state index contributed by atoms with van der Waals surface area (Å²) in [7, 11) is 3.14. The van der Waals surface area contributed by atoms with E-state index in [0.29, 0.717) is 0 Å². The number of hydrogen-bond donors (Lipinski definition) is 1. The topological polar surface area (TPSA) is 38.3 Å². The summed E-state index contributed by atoms with van der Waals surface area (Å²) in [5.41, 5.74) is 0. The molecule has 1 saturated carbocycles. The van der Waals surface area contributed by atoms with E-state index in [1.165, 1.54) is 0 Å². The largest absolute Gasteiger partial charge is 0.446 e. The van der Waals surface area contributed by atoms with E-state index in [1.54, 1.807) is 0 Å². The van der Waals surface area contributed by atoms with Gasteiger partial charge in [0.2, 0.25) is 0 Å². The minimum Gasteiger partial charge on any atom is -0.446 e. The molecule has 0 heterocycles. The van der Waals surface area contributed by atoms with Crippen molar-refractivity contribution >= 4 is 6.09 Å². The van der Waals surface area contributed by atoms with E-state index in [0.717, 1.165) is 12.8 Å². The van der Waals surface area contributed by atoms with Gasteiger partial charge in [-0.05, 0) is 12.8 Å². The van der Waals surface area contributed by atoms with E-state index >= 15 is 0 Å². The van der Waals surface area contributed by atoms with E-state index in [2.05, 4.69) is 12.4 Å². The van der Waals surface area contributed by atoms with Gasteiger partial charge in [-0.25, -0.2) is 4.79 Å². The van der Waals surface area contributed by atoms with Crippen molar-refractivity contribution in [3.8, 4) is 0 Å². The molecule has 0 atom stereocenters. The maximum Gasteiger partial charge on any atom is 0.407 e. The van der Waals surface area contributed by atoms with Crippen LogP contribution in [0.4, 0.5) is 4.79 Å². The van der Waals surface area contributed by atoms with Crippen LogP contribution in [0.2, 0.25) is 0 Å². The predicted molar refractivity (Wildman–Crippen MR) is 28.0 cm³/mol. The molecule has 0 aromatic rings. The average molecular weight is 114 g/mol. The van der Waals surface area contributed by atoms with Crippen LogP contribution in [-0.4, -0.2) is 12.2 Å². The standard InChI is InChI=1S/C5H8NO2/c1-6-5(7)8-4-2-3-4/h4H,1-3H2,(H,6,7). The summed E-state index contributed by atoms with van der Waals surface area (Å²) in [6.07, 6.45) is 1.77. The maximum atomic E-state index is 10.3. The summed E-state index contributed by atoms with van der Waals surface area (Å²) < 4.78 is 4.70. The zero-order chi connectivity index (χ0) is 5.98. The summed E-state index contributed by atoms with van der Waals surface area (Å²) in [6, 6.07) is 0. The lowest BCUT2D eigenvalue weighted by molar-refractivity contribution is 0.143. The number of carbonyl (C=O) groups excluding carboxylic acids is 1. The summed E-state index contributed by atoms with van der Waals surface area (Å²) in [6.45, 7) is 0. The molecule has 8 heavy (non-hydrogen) atoms. The first-order valence-electron chi connectivity index (χ1n) is 2.56. The van der Waals surface area contributed by atoms with E-state index in [1.807, 2.05) is 0 Å². The molecule has 1 fully saturated rings. The Hall–Kier alpha value is -0.730. The lowest BCUT2D eigenvalue weighted by atomic mass is 10.8. The van der Waals surface area contributed by atoms with Crippen LogP contribution >= 0.6 is 0 Å². The van der Waals surface area contributed by atoms with Gasteiger partial charge in [-0.2, -0.15) is 0 Å². The number of amides is 1. The van der Waals surface area contributed by atoms with Crippen molar-refractivity contribution in [2.75, 3.05) is 0 Å². The van der Waals surface area contributed by atoms with Gasteiger partial charge in [0.15, 0.2) is 0 Å². The molecular formula is C5H8NO2. The van der Waals surface area contributed by atoms with E-state index in [-0.39, 0.29) is 6.10 Å². The molecule has 0 unspecified atom stereocenters. The summed E-state index contributed by atoms with van der Waals surface area (Å²) in [4.78, 5) is 10.3. The molecule has 0 aliphatic heterocycles. The van der Waals surface area contributed by atoms with E-state index < -0.39 is 6.09 Å². The Kier molecular flexibility index (Phi) is 1.37. The van der Waals surface area contributed by atoms with E-state index in [9.17, 15) is 4.79 Å². The third-order valence-corrected chi connectivity index (χ3v) is 0.942. The smallest absolute Gasteiger partial charge is 0.407 e. The number of alkyl carbamates (subject to hydrolysis) is 1.